The number of aryl methyl sites for hydroxylation is 1. The lowest BCUT2D eigenvalue weighted by Crippen LogP contribution is -2.49. The van der Waals surface area contributed by atoms with Gasteiger partial charge in [0.05, 0.1) is 6.10 Å². The molecule has 0 saturated heterocycles. The molecular formula is C17H24OS. The molecule has 0 aliphatic heterocycles. The Morgan fingerprint density at radius 2 is 1.79 bits per heavy atom. The van der Waals surface area contributed by atoms with Gasteiger partial charge in [-0.05, 0) is 86.0 Å². The molecule has 1 nitrogen and oxygen atoms in total. The molecule has 1 N–H and O–H groups in total. The highest BCUT2D eigenvalue weighted by Crippen LogP contribution is 2.57. The van der Waals surface area contributed by atoms with Crippen molar-refractivity contribution in [1.82, 2.24) is 0 Å². The first-order chi connectivity index (χ1) is 9.29. The van der Waals surface area contributed by atoms with Crippen LogP contribution in [-0.4, -0.2) is 11.2 Å². The van der Waals surface area contributed by atoms with E-state index >= 15 is 0 Å². The van der Waals surface area contributed by atoms with Gasteiger partial charge < -0.3 is 5.11 Å². The van der Waals surface area contributed by atoms with Crippen molar-refractivity contribution in [1.29, 1.82) is 0 Å². The minimum atomic E-state index is -0.0444. The van der Waals surface area contributed by atoms with Crippen LogP contribution in [0.4, 0.5) is 0 Å². The Morgan fingerprint density at radius 3 is 2.37 bits per heavy atom. The molecule has 19 heavy (non-hydrogen) atoms. The van der Waals surface area contributed by atoms with Gasteiger partial charge in [-0.25, -0.2) is 0 Å². The highest BCUT2D eigenvalue weighted by Gasteiger charge is 2.50. The van der Waals surface area contributed by atoms with Crippen LogP contribution in [-0.2, 0) is 6.42 Å². The maximum atomic E-state index is 10.7. The van der Waals surface area contributed by atoms with Crippen LogP contribution < -0.4 is 0 Å². The second kappa shape index (κ2) is 4.89. The van der Waals surface area contributed by atoms with E-state index in [-0.39, 0.29) is 6.10 Å². The summed E-state index contributed by atoms with van der Waals surface area (Å²) in [6, 6.07) is 4.32. The molecule has 4 saturated carbocycles. The molecule has 1 atom stereocenters. The normalized spacial score (nSPS) is 41.6. The number of aliphatic hydroxyl groups excluding tert-OH is 1. The van der Waals surface area contributed by atoms with E-state index in [0.29, 0.717) is 5.92 Å². The molecule has 0 spiro atoms. The number of thiophene rings is 1. The lowest BCUT2D eigenvalue weighted by molar-refractivity contribution is -0.0908. The Morgan fingerprint density at radius 1 is 1.11 bits per heavy atom. The Hall–Kier alpha value is -0.340. The lowest BCUT2D eigenvalue weighted by Gasteiger charge is -2.55. The maximum Gasteiger partial charge on any atom is 0.0577 e. The van der Waals surface area contributed by atoms with Gasteiger partial charge in [0.2, 0.25) is 0 Å². The van der Waals surface area contributed by atoms with E-state index in [1.807, 2.05) is 11.3 Å². The molecule has 0 radical (unpaired) electrons. The summed E-state index contributed by atoms with van der Waals surface area (Å²) >= 11 is 1.83. The van der Waals surface area contributed by atoms with E-state index in [0.717, 1.165) is 36.5 Å². The molecule has 0 aromatic carbocycles. The van der Waals surface area contributed by atoms with Gasteiger partial charge >= 0.3 is 0 Å². The van der Waals surface area contributed by atoms with Crippen LogP contribution in [0.2, 0.25) is 0 Å². The van der Waals surface area contributed by atoms with E-state index in [4.69, 9.17) is 0 Å². The third-order valence-corrected chi connectivity index (χ3v) is 6.95. The monoisotopic (exact) mass is 276 g/mol. The van der Waals surface area contributed by atoms with Crippen LogP contribution in [0.25, 0.3) is 0 Å². The maximum absolute atomic E-state index is 10.7. The molecule has 1 aromatic heterocycles. The SMILES string of the molecule is OC(CCc1cccs1)C1C2CC3CC(C2)CC1C3. The molecule has 1 aromatic rings. The van der Waals surface area contributed by atoms with Gasteiger partial charge in [0.1, 0.15) is 0 Å². The molecule has 0 amide bonds. The average molecular weight is 276 g/mol. The topological polar surface area (TPSA) is 20.2 Å². The smallest absolute Gasteiger partial charge is 0.0577 e. The Balaban J connectivity index is 1.41. The van der Waals surface area contributed by atoms with Gasteiger partial charge in [-0.2, -0.15) is 0 Å². The summed E-state index contributed by atoms with van der Waals surface area (Å²) in [5.74, 6) is 4.38. The third-order valence-electron chi connectivity index (χ3n) is 6.01. The van der Waals surface area contributed by atoms with Crippen molar-refractivity contribution in [3.8, 4) is 0 Å². The van der Waals surface area contributed by atoms with Crippen molar-refractivity contribution in [2.75, 3.05) is 0 Å². The van der Waals surface area contributed by atoms with Crippen LogP contribution in [0.5, 0.6) is 0 Å². The Kier molecular flexibility index (Phi) is 3.19. The molecule has 1 unspecified atom stereocenters. The fourth-order valence-corrected chi connectivity index (χ4v) is 6.26. The largest absolute Gasteiger partial charge is 0.393 e. The molecular weight excluding hydrogens is 252 g/mol. The fraction of sp³-hybridized carbons (Fsp3) is 0.765. The summed E-state index contributed by atoms with van der Waals surface area (Å²) in [6.07, 6.45) is 9.21. The molecule has 4 fully saturated rings. The first-order valence-electron chi connectivity index (χ1n) is 8.00. The number of rotatable bonds is 4. The van der Waals surface area contributed by atoms with Gasteiger partial charge in [-0.1, -0.05) is 6.07 Å². The van der Waals surface area contributed by atoms with Crippen molar-refractivity contribution < 1.29 is 5.11 Å². The van der Waals surface area contributed by atoms with Gasteiger partial charge in [-0.3, -0.25) is 0 Å². The summed E-state index contributed by atoms with van der Waals surface area (Å²) in [5.41, 5.74) is 0. The molecule has 104 valence electrons. The van der Waals surface area contributed by atoms with E-state index in [1.165, 1.54) is 37.0 Å². The third kappa shape index (κ3) is 2.27. The van der Waals surface area contributed by atoms with Gasteiger partial charge in [-0.15, -0.1) is 11.3 Å². The van der Waals surface area contributed by atoms with E-state index in [2.05, 4.69) is 17.5 Å². The van der Waals surface area contributed by atoms with Gasteiger partial charge in [0.25, 0.3) is 0 Å². The molecule has 4 aliphatic carbocycles. The predicted molar refractivity (Wildman–Crippen MR) is 79.2 cm³/mol. The highest BCUT2D eigenvalue weighted by atomic mass is 32.1. The lowest BCUT2D eigenvalue weighted by atomic mass is 9.50. The summed E-state index contributed by atoms with van der Waals surface area (Å²) < 4.78 is 0. The summed E-state index contributed by atoms with van der Waals surface area (Å²) in [5, 5.41) is 12.8. The number of hydrogen-bond acceptors (Lipinski definition) is 2. The van der Waals surface area contributed by atoms with Crippen molar-refractivity contribution in [3.63, 3.8) is 0 Å². The van der Waals surface area contributed by atoms with E-state index < -0.39 is 0 Å². The van der Waals surface area contributed by atoms with Crippen LogP contribution in [0.15, 0.2) is 17.5 Å². The summed E-state index contributed by atoms with van der Waals surface area (Å²) in [7, 11) is 0. The molecule has 2 heteroatoms. The van der Waals surface area contributed by atoms with Gasteiger partial charge in [0.15, 0.2) is 0 Å². The molecule has 5 rings (SSSR count). The first kappa shape index (κ1) is 12.4. The summed E-state index contributed by atoms with van der Waals surface area (Å²) in [6.45, 7) is 0. The second-order valence-corrected chi connectivity index (χ2v) is 8.23. The molecule has 4 bridgehead atoms. The molecule has 1 heterocycles. The van der Waals surface area contributed by atoms with E-state index in [9.17, 15) is 5.11 Å². The Labute approximate surface area is 120 Å². The quantitative estimate of drug-likeness (QED) is 0.877. The standard InChI is InChI=1S/C17H24OS/c18-16(4-3-15-2-1-5-19-15)17-13-7-11-6-12(9-13)10-14(17)8-11/h1-2,5,11-14,16-18H,3-4,6-10H2. The fourth-order valence-electron chi connectivity index (χ4n) is 5.53. The van der Waals surface area contributed by atoms with Crippen molar-refractivity contribution in [2.24, 2.45) is 29.6 Å². The zero-order chi connectivity index (χ0) is 12.8. The van der Waals surface area contributed by atoms with Crippen molar-refractivity contribution >= 4 is 11.3 Å². The number of aliphatic hydroxyl groups is 1. The van der Waals surface area contributed by atoms with Gasteiger partial charge in [0, 0.05) is 4.88 Å². The second-order valence-electron chi connectivity index (χ2n) is 7.19. The van der Waals surface area contributed by atoms with Crippen LogP contribution in [0.3, 0.4) is 0 Å². The zero-order valence-corrected chi connectivity index (χ0v) is 12.3. The predicted octanol–water partition coefficient (Wildman–Crippen LogP) is 4.11. The van der Waals surface area contributed by atoms with Crippen LogP contribution in [0.1, 0.15) is 43.4 Å². The first-order valence-corrected chi connectivity index (χ1v) is 8.88. The Bertz CT molecular complexity index is 396. The highest BCUT2D eigenvalue weighted by molar-refractivity contribution is 7.09. The minimum Gasteiger partial charge on any atom is -0.393 e. The van der Waals surface area contributed by atoms with Crippen molar-refractivity contribution in [3.05, 3.63) is 22.4 Å². The number of hydrogen-bond donors (Lipinski definition) is 1. The zero-order valence-electron chi connectivity index (χ0n) is 11.5. The minimum absolute atomic E-state index is 0.0444. The van der Waals surface area contributed by atoms with Crippen molar-refractivity contribution in [2.45, 2.75) is 51.0 Å². The van der Waals surface area contributed by atoms with Crippen LogP contribution >= 0.6 is 11.3 Å². The summed E-state index contributed by atoms with van der Waals surface area (Å²) in [4.78, 5) is 1.43. The average Bonchev–Trinajstić information content (AvgIpc) is 2.88. The molecule has 4 aliphatic rings. The van der Waals surface area contributed by atoms with Crippen LogP contribution in [0, 0.1) is 29.6 Å². The van der Waals surface area contributed by atoms with E-state index in [1.54, 1.807) is 0 Å².